The van der Waals surface area contributed by atoms with Gasteiger partial charge < -0.3 is 15.1 Å². The van der Waals surface area contributed by atoms with Gasteiger partial charge in [0.15, 0.2) is 0 Å². The van der Waals surface area contributed by atoms with Crippen LogP contribution in [0.15, 0.2) is 60.9 Å². The topological polar surface area (TPSA) is 78.4 Å². The van der Waals surface area contributed by atoms with Crippen LogP contribution in [0.5, 0.6) is 0 Å². The van der Waals surface area contributed by atoms with E-state index in [0.717, 1.165) is 59.0 Å². The van der Waals surface area contributed by atoms with E-state index in [0.29, 0.717) is 17.8 Å². The third-order valence-corrected chi connectivity index (χ3v) is 6.32. The molecule has 2 aromatic heterocycles. The summed E-state index contributed by atoms with van der Waals surface area (Å²) in [4.78, 5) is 38.1. The SMILES string of the molecule is CN1CCCN(C(=O)c2ccc3c(c2)nc(-c2cccc(NC(=O)Cl)c2)c2ccncc23)CC1. The lowest BCUT2D eigenvalue weighted by Gasteiger charge is -2.21. The molecule has 0 aliphatic carbocycles. The third-order valence-electron chi connectivity index (χ3n) is 6.23. The molecule has 3 heterocycles. The van der Waals surface area contributed by atoms with Crippen molar-refractivity contribution >= 4 is 50.2 Å². The Bertz CT molecular complexity index is 1410. The Hall–Kier alpha value is -3.55. The summed E-state index contributed by atoms with van der Waals surface area (Å²) in [5.74, 6) is 0.0265. The number of anilines is 1. The van der Waals surface area contributed by atoms with Crippen molar-refractivity contribution in [3.8, 4) is 11.3 Å². The van der Waals surface area contributed by atoms with Gasteiger partial charge in [0.25, 0.3) is 5.91 Å². The van der Waals surface area contributed by atoms with Crippen molar-refractivity contribution in [1.29, 1.82) is 0 Å². The van der Waals surface area contributed by atoms with Gasteiger partial charge in [-0.15, -0.1) is 0 Å². The van der Waals surface area contributed by atoms with Gasteiger partial charge in [0.05, 0.1) is 11.2 Å². The molecule has 0 radical (unpaired) electrons. The highest BCUT2D eigenvalue weighted by Gasteiger charge is 2.20. The highest BCUT2D eigenvalue weighted by molar-refractivity contribution is 6.65. The van der Waals surface area contributed by atoms with E-state index in [1.54, 1.807) is 12.3 Å². The van der Waals surface area contributed by atoms with Crippen LogP contribution in [0.4, 0.5) is 10.5 Å². The lowest BCUT2D eigenvalue weighted by molar-refractivity contribution is 0.0763. The minimum absolute atomic E-state index is 0.0265. The van der Waals surface area contributed by atoms with E-state index in [2.05, 4.69) is 22.2 Å². The molecule has 0 spiro atoms. The van der Waals surface area contributed by atoms with Crippen LogP contribution in [-0.4, -0.2) is 64.3 Å². The maximum Gasteiger partial charge on any atom is 0.318 e. The molecule has 2 aromatic carbocycles. The first-order valence-electron chi connectivity index (χ1n) is 11.2. The van der Waals surface area contributed by atoms with Crippen molar-refractivity contribution < 1.29 is 9.59 Å². The minimum atomic E-state index is -0.652. The van der Waals surface area contributed by atoms with Gasteiger partial charge in [0.1, 0.15) is 0 Å². The van der Waals surface area contributed by atoms with Gasteiger partial charge >= 0.3 is 5.37 Å². The Balaban J connectivity index is 1.61. The van der Waals surface area contributed by atoms with Crippen molar-refractivity contribution in [2.75, 3.05) is 38.5 Å². The van der Waals surface area contributed by atoms with E-state index in [-0.39, 0.29) is 5.91 Å². The zero-order chi connectivity index (χ0) is 23.7. The summed E-state index contributed by atoms with van der Waals surface area (Å²) in [7, 11) is 2.09. The number of pyridine rings is 2. The van der Waals surface area contributed by atoms with E-state index >= 15 is 0 Å². The maximum absolute atomic E-state index is 13.3. The quantitative estimate of drug-likeness (QED) is 0.257. The van der Waals surface area contributed by atoms with E-state index in [9.17, 15) is 9.59 Å². The highest BCUT2D eigenvalue weighted by Crippen LogP contribution is 2.33. The Morgan fingerprint density at radius 3 is 2.71 bits per heavy atom. The Morgan fingerprint density at radius 2 is 1.85 bits per heavy atom. The lowest BCUT2D eigenvalue weighted by Crippen LogP contribution is -2.34. The fourth-order valence-corrected chi connectivity index (χ4v) is 4.60. The monoisotopic (exact) mass is 473 g/mol. The largest absolute Gasteiger partial charge is 0.337 e. The number of amides is 2. The van der Waals surface area contributed by atoms with E-state index in [4.69, 9.17) is 16.6 Å². The first-order valence-corrected chi connectivity index (χ1v) is 11.6. The molecular formula is C26H24ClN5O2. The highest BCUT2D eigenvalue weighted by atomic mass is 35.5. The number of hydrogen-bond acceptors (Lipinski definition) is 5. The number of rotatable bonds is 3. The number of benzene rings is 2. The molecule has 0 unspecified atom stereocenters. The second-order valence-electron chi connectivity index (χ2n) is 8.54. The molecule has 0 bridgehead atoms. The molecule has 1 aliphatic rings. The van der Waals surface area contributed by atoms with E-state index in [1.165, 1.54) is 0 Å². The summed E-state index contributed by atoms with van der Waals surface area (Å²) < 4.78 is 0. The van der Waals surface area contributed by atoms with Crippen molar-refractivity contribution in [1.82, 2.24) is 19.8 Å². The first kappa shape index (κ1) is 22.3. The smallest absolute Gasteiger partial charge is 0.318 e. The lowest BCUT2D eigenvalue weighted by atomic mass is 10.00. The van der Waals surface area contributed by atoms with Gasteiger partial charge in [-0.05, 0) is 61.9 Å². The number of likely N-dealkylation sites (N-methyl/N-ethyl adjacent to an activating group) is 1. The fourth-order valence-electron chi connectivity index (χ4n) is 4.49. The van der Waals surface area contributed by atoms with Crippen LogP contribution in [0.3, 0.4) is 0 Å². The fraction of sp³-hybridized carbons (Fsp3) is 0.231. The molecule has 1 fully saturated rings. The molecule has 7 nitrogen and oxygen atoms in total. The first-order chi connectivity index (χ1) is 16.5. The van der Waals surface area contributed by atoms with Crippen LogP contribution < -0.4 is 5.32 Å². The van der Waals surface area contributed by atoms with Crippen molar-refractivity contribution in [3.05, 3.63) is 66.5 Å². The summed E-state index contributed by atoms with van der Waals surface area (Å²) in [6.07, 6.45) is 4.51. The minimum Gasteiger partial charge on any atom is -0.337 e. The van der Waals surface area contributed by atoms with Gasteiger partial charge in [0.2, 0.25) is 0 Å². The van der Waals surface area contributed by atoms with Gasteiger partial charge in [-0.2, -0.15) is 0 Å². The molecule has 2 amide bonds. The Morgan fingerprint density at radius 1 is 0.971 bits per heavy atom. The number of carbonyl (C=O) groups excluding carboxylic acids is 2. The average Bonchev–Trinajstić information content (AvgIpc) is 3.07. The van der Waals surface area contributed by atoms with Crippen LogP contribution in [0, 0.1) is 0 Å². The molecule has 0 atom stereocenters. The summed E-state index contributed by atoms with van der Waals surface area (Å²) in [6, 6.07) is 15.0. The second kappa shape index (κ2) is 9.37. The van der Waals surface area contributed by atoms with Gasteiger partial charge in [-0.3, -0.25) is 14.6 Å². The van der Waals surface area contributed by atoms with Crippen LogP contribution in [0.25, 0.3) is 32.9 Å². The van der Waals surface area contributed by atoms with Crippen molar-refractivity contribution in [2.45, 2.75) is 6.42 Å². The van der Waals surface area contributed by atoms with Gasteiger partial charge in [-0.1, -0.05) is 18.2 Å². The molecule has 5 rings (SSSR count). The number of hydrogen-bond donors (Lipinski definition) is 1. The van der Waals surface area contributed by atoms with Crippen LogP contribution >= 0.6 is 11.6 Å². The maximum atomic E-state index is 13.3. The van der Waals surface area contributed by atoms with Crippen LogP contribution in [0.1, 0.15) is 16.8 Å². The number of nitrogens with one attached hydrogen (secondary N) is 1. The molecule has 1 N–H and O–H groups in total. The van der Waals surface area contributed by atoms with Gasteiger partial charge in [0, 0.05) is 65.0 Å². The molecular weight excluding hydrogens is 450 g/mol. The van der Waals surface area contributed by atoms with Crippen molar-refractivity contribution in [2.24, 2.45) is 0 Å². The molecule has 34 heavy (non-hydrogen) atoms. The third kappa shape index (κ3) is 4.44. The molecule has 0 saturated carbocycles. The van der Waals surface area contributed by atoms with Crippen LogP contribution in [-0.2, 0) is 0 Å². The molecule has 4 aromatic rings. The number of nitrogens with zero attached hydrogens (tertiary/aromatic N) is 4. The molecule has 8 heteroatoms. The summed E-state index contributed by atoms with van der Waals surface area (Å²) in [5.41, 5.74) is 3.50. The Kier molecular flexibility index (Phi) is 6.13. The standard InChI is InChI=1S/C26H24ClN5O2/c1-31-10-3-11-32(13-12-31)25(33)18-6-7-20-22-16-28-9-8-21(22)24(30-23(20)15-18)17-4-2-5-19(14-17)29-26(27)34/h2,4-9,14-16H,3,10-13H2,1H3,(H,29,34). The van der Waals surface area contributed by atoms with Gasteiger partial charge in [-0.25, -0.2) is 4.98 Å². The number of aromatic nitrogens is 2. The molecule has 1 saturated heterocycles. The number of halogens is 1. The Labute approximate surface area is 202 Å². The zero-order valence-electron chi connectivity index (χ0n) is 18.8. The predicted octanol–water partition coefficient (Wildman–Crippen LogP) is 5.00. The van der Waals surface area contributed by atoms with E-state index in [1.807, 2.05) is 53.6 Å². The predicted molar refractivity (Wildman–Crippen MR) is 135 cm³/mol. The van der Waals surface area contributed by atoms with Crippen molar-refractivity contribution in [3.63, 3.8) is 0 Å². The summed E-state index contributed by atoms with van der Waals surface area (Å²) in [5, 5.41) is 4.77. The molecule has 1 aliphatic heterocycles. The zero-order valence-corrected chi connectivity index (χ0v) is 19.5. The number of carbonyl (C=O) groups is 2. The van der Waals surface area contributed by atoms with E-state index < -0.39 is 5.37 Å². The average molecular weight is 474 g/mol. The number of fused-ring (bicyclic) bond motifs is 3. The second-order valence-corrected chi connectivity index (χ2v) is 8.89. The van der Waals surface area contributed by atoms with Crippen LogP contribution in [0.2, 0.25) is 0 Å². The summed E-state index contributed by atoms with van der Waals surface area (Å²) >= 11 is 5.50. The molecule has 172 valence electrons. The normalized spacial score (nSPS) is 14.8. The summed E-state index contributed by atoms with van der Waals surface area (Å²) in [6.45, 7) is 3.33.